The Bertz CT molecular complexity index is 526. The first-order valence-electron chi connectivity index (χ1n) is 8.65. The first kappa shape index (κ1) is 21.1. The molecule has 0 aliphatic carbocycles. The van der Waals surface area contributed by atoms with Gasteiger partial charge in [0.2, 0.25) is 0 Å². The first-order valence-corrected chi connectivity index (χ1v) is 8.65. The van der Waals surface area contributed by atoms with Gasteiger partial charge in [-0.3, -0.25) is 4.90 Å². The van der Waals surface area contributed by atoms with Crippen molar-refractivity contribution in [3.63, 3.8) is 0 Å². The monoisotopic (exact) mass is 449 g/mol. The fourth-order valence-electron chi connectivity index (χ4n) is 2.92. The molecular weight excluding hydrogens is 417 g/mol. The van der Waals surface area contributed by atoms with Gasteiger partial charge in [0.1, 0.15) is 12.4 Å². The number of likely N-dealkylation sites (tertiary alicyclic amines) is 1. The van der Waals surface area contributed by atoms with E-state index in [0.717, 1.165) is 30.7 Å². The summed E-state index contributed by atoms with van der Waals surface area (Å²) in [6, 6.07) is 0.949. The van der Waals surface area contributed by atoms with Crippen molar-refractivity contribution in [2.75, 3.05) is 19.6 Å². The van der Waals surface area contributed by atoms with Crippen LogP contribution < -0.4 is 10.6 Å². The Hall–Kier alpha value is -0.900. The maximum Gasteiger partial charge on any atom is 0.191 e. The van der Waals surface area contributed by atoms with Crippen molar-refractivity contribution in [2.45, 2.75) is 59.2 Å². The molecule has 24 heavy (non-hydrogen) atoms. The largest absolute Gasteiger partial charge is 0.355 e. The maximum atomic E-state index is 4.67. The molecule has 0 saturated carbocycles. The SMILES string of the molecule is CCN1CCCC1CNC(=NCc1nnc(C)n1C)NC(C)C.I. The van der Waals surface area contributed by atoms with Crippen LogP contribution in [0.5, 0.6) is 0 Å². The molecule has 0 aromatic carbocycles. The second-order valence-electron chi connectivity index (χ2n) is 6.49. The van der Waals surface area contributed by atoms with Crippen molar-refractivity contribution in [1.82, 2.24) is 30.3 Å². The molecule has 0 spiro atoms. The number of aryl methyl sites for hydroxylation is 1. The predicted octanol–water partition coefficient (Wildman–Crippen LogP) is 1.67. The molecule has 2 rings (SSSR count). The lowest BCUT2D eigenvalue weighted by atomic mass is 10.2. The van der Waals surface area contributed by atoms with Crippen molar-refractivity contribution < 1.29 is 0 Å². The molecule has 1 aliphatic heterocycles. The van der Waals surface area contributed by atoms with E-state index in [2.05, 4.69) is 51.5 Å². The number of aliphatic imine (C=N–C) groups is 1. The number of hydrogen-bond donors (Lipinski definition) is 2. The molecule has 8 heteroatoms. The minimum absolute atomic E-state index is 0. The molecule has 1 unspecified atom stereocenters. The molecule has 1 aliphatic rings. The number of nitrogens with one attached hydrogen (secondary N) is 2. The van der Waals surface area contributed by atoms with Crippen LogP contribution in [-0.2, 0) is 13.6 Å². The fraction of sp³-hybridized carbons (Fsp3) is 0.812. The van der Waals surface area contributed by atoms with Crippen LogP contribution in [-0.4, -0.2) is 57.3 Å². The molecule has 0 amide bonds. The summed E-state index contributed by atoms with van der Waals surface area (Å²) < 4.78 is 1.98. The lowest BCUT2D eigenvalue weighted by Gasteiger charge is -2.24. The average molecular weight is 449 g/mol. The third-order valence-corrected chi connectivity index (χ3v) is 4.40. The van der Waals surface area contributed by atoms with Gasteiger partial charge in [0, 0.05) is 25.7 Å². The number of hydrogen-bond acceptors (Lipinski definition) is 4. The first-order chi connectivity index (χ1) is 11.0. The van der Waals surface area contributed by atoms with Crippen LogP contribution in [0.2, 0.25) is 0 Å². The number of nitrogens with zero attached hydrogens (tertiary/aromatic N) is 5. The summed E-state index contributed by atoms with van der Waals surface area (Å²) in [7, 11) is 1.97. The van der Waals surface area contributed by atoms with E-state index in [1.807, 2.05) is 18.5 Å². The summed E-state index contributed by atoms with van der Waals surface area (Å²) in [5, 5.41) is 15.1. The zero-order valence-electron chi connectivity index (χ0n) is 15.5. The highest BCUT2D eigenvalue weighted by Gasteiger charge is 2.22. The van der Waals surface area contributed by atoms with Crippen LogP contribution in [0.3, 0.4) is 0 Å². The summed E-state index contributed by atoms with van der Waals surface area (Å²) in [6.07, 6.45) is 2.56. The Kier molecular flexibility index (Phi) is 8.96. The Morgan fingerprint density at radius 3 is 2.71 bits per heavy atom. The van der Waals surface area contributed by atoms with Gasteiger partial charge in [-0.1, -0.05) is 6.92 Å². The van der Waals surface area contributed by atoms with Crippen molar-refractivity contribution >= 4 is 29.9 Å². The molecule has 1 aromatic heterocycles. The molecule has 1 aromatic rings. The van der Waals surface area contributed by atoms with Crippen LogP contribution >= 0.6 is 24.0 Å². The zero-order chi connectivity index (χ0) is 16.8. The maximum absolute atomic E-state index is 4.67. The molecular formula is C16H32IN7. The average Bonchev–Trinajstić information content (AvgIpc) is 3.09. The van der Waals surface area contributed by atoms with Gasteiger partial charge in [-0.05, 0) is 46.7 Å². The number of halogens is 1. The Balaban J connectivity index is 0.00000288. The second kappa shape index (κ2) is 10.2. The summed E-state index contributed by atoms with van der Waals surface area (Å²) in [5.74, 6) is 2.64. The van der Waals surface area contributed by atoms with E-state index < -0.39 is 0 Å². The van der Waals surface area contributed by atoms with Gasteiger partial charge in [-0.2, -0.15) is 0 Å². The number of likely N-dealkylation sites (N-methyl/N-ethyl adjacent to an activating group) is 1. The number of guanidine groups is 1. The third kappa shape index (κ3) is 5.87. The smallest absolute Gasteiger partial charge is 0.191 e. The standard InChI is InChI=1S/C16H31N7.HI/c1-6-23-9-7-8-14(23)10-17-16(19-12(2)3)18-11-15-21-20-13(4)22(15)5;/h12,14H,6-11H2,1-5H3,(H2,17,18,19);1H. The van der Waals surface area contributed by atoms with Gasteiger partial charge in [0.05, 0.1) is 0 Å². The molecule has 2 N–H and O–H groups in total. The van der Waals surface area contributed by atoms with Crippen LogP contribution in [0.4, 0.5) is 0 Å². The third-order valence-electron chi connectivity index (χ3n) is 4.40. The van der Waals surface area contributed by atoms with E-state index in [0.29, 0.717) is 18.6 Å². The van der Waals surface area contributed by atoms with E-state index in [-0.39, 0.29) is 24.0 Å². The van der Waals surface area contributed by atoms with Gasteiger partial charge >= 0.3 is 0 Å². The van der Waals surface area contributed by atoms with Gasteiger partial charge in [0.25, 0.3) is 0 Å². The molecule has 1 saturated heterocycles. The van der Waals surface area contributed by atoms with Crippen molar-refractivity contribution in [3.8, 4) is 0 Å². The molecule has 1 atom stereocenters. The Morgan fingerprint density at radius 1 is 1.38 bits per heavy atom. The van der Waals surface area contributed by atoms with Crippen LogP contribution in [0.25, 0.3) is 0 Å². The molecule has 1 fully saturated rings. The summed E-state index contributed by atoms with van der Waals surface area (Å²) in [5.41, 5.74) is 0. The highest BCUT2D eigenvalue weighted by atomic mass is 127. The Labute approximate surface area is 162 Å². The fourth-order valence-corrected chi connectivity index (χ4v) is 2.92. The van der Waals surface area contributed by atoms with E-state index >= 15 is 0 Å². The lowest BCUT2D eigenvalue weighted by molar-refractivity contribution is 0.267. The number of rotatable bonds is 6. The molecule has 2 heterocycles. The van der Waals surface area contributed by atoms with E-state index in [1.54, 1.807) is 0 Å². The summed E-state index contributed by atoms with van der Waals surface area (Å²) >= 11 is 0. The van der Waals surface area contributed by atoms with Crippen LogP contribution in [0.15, 0.2) is 4.99 Å². The predicted molar refractivity (Wildman–Crippen MR) is 109 cm³/mol. The van der Waals surface area contributed by atoms with Gasteiger partial charge in [-0.25, -0.2) is 4.99 Å². The van der Waals surface area contributed by atoms with Crippen molar-refractivity contribution in [1.29, 1.82) is 0 Å². The minimum atomic E-state index is 0. The topological polar surface area (TPSA) is 70.4 Å². The Morgan fingerprint density at radius 2 is 2.12 bits per heavy atom. The highest BCUT2D eigenvalue weighted by molar-refractivity contribution is 14.0. The quantitative estimate of drug-likeness (QED) is 0.393. The summed E-state index contributed by atoms with van der Waals surface area (Å²) in [4.78, 5) is 7.21. The van der Waals surface area contributed by atoms with E-state index in [4.69, 9.17) is 0 Å². The molecule has 7 nitrogen and oxygen atoms in total. The summed E-state index contributed by atoms with van der Waals surface area (Å²) in [6.45, 7) is 12.2. The number of aromatic nitrogens is 3. The van der Waals surface area contributed by atoms with Crippen molar-refractivity contribution in [3.05, 3.63) is 11.6 Å². The van der Waals surface area contributed by atoms with Gasteiger partial charge in [-0.15, -0.1) is 34.2 Å². The van der Waals surface area contributed by atoms with E-state index in [9.17, 15) is 0 Å². The molecule has 0 radical (unpaired) electrons. The van der Waals surface area contributed by atoms with Crippen molar-refractivity contribution in [2.24, 2.45) is 12.0 Å². The normalized spacial score (nSPS) is 18.8. The van der Waals surface area contributed by atoms with Gasteiger partial charge in [0.15, 0.2) is 11.8 Å². The minimum Gasteiger partial charge on any atom is -0.355 e. The zero-order valence-corrected chi connectivity index (χ0v) is 17.9. The lowest BCUT2D eigenvalue weighted by Crippen LogP contribution is -2.46. The van der Waals surface area contributed by atoms with Gasteiger partial charge < -0.3 is 15.2 Å². The molecule has 0 bridgehead atoms. The molecule has 138 valence electrons. The van der Waals surface area contributed by atoms with E-state index in [1.165, 1.54) is 19.4 Å². The van der Waals surface area contributed by atoms with Crippen LogP contribution in [0, 0.1) is 6.92 Å². The highest BCUT2D eigenvalue weighted by Crippen LogP contribution is 2.15. The van der Waals surface area contributed by atoms with Crippen LogP contribution in [0.1, 0.15) is 45.3 Å². The second-order valence-corrected chi connectivity index (χ2v) is 6.49.